The van der Waals surface area contributed by atoms with Crippen LogP contribution in [0.3, 0.4) is 0 Å². The third-order valence-electron chi connectivity index (χ3n) is 1.25. The van der Waals surface area contributed by atoms with Gasteiger partial charge in [-0.1, -0.05) is 20.4 Å². The van der Waals surface area contributed by atoms with Gasteiger partial charge in [-0.05, 0) is 13.3 Å². The average molecular weight is 168 g/mol. The van der Waals surface area contributed by atoms with Gasteiger partial charge in [0.15, 0.2) is 0 Å². The van der Waals surface area contributed by atoms with Crippen LogP contribution in [0.5, 0.6) is 0 Å². The molecule has 0 amide bonds. The molecule has 0 aromatic carbocycles. The molecule has 0 atom stereocenters. The molecular formula is C8H16N4. The van der Waals surface area contributed by atoms with Gasteiger partial charge in [-0.25, -0.2) is 4.68 Å². The minimum Gasteiger partial charge on any atom is -0.368 e. The van der Waals surface area contributed by atoms with Crippen molar-refractivity contribution in [1.82, 2.24) is 14.8 Å². The first-order valence-electron chi connectivity index (χ1n) is 3.59. The van der Waals surface area contributed by atoms with E-state index in [9.17, 15) is 0 Å². The highest BCUT2D eigenvalue weighted by atomic mass is 15.4. The number of allylic oxidation sites excluding steroid dienone is 1. The standard InChI is InChI=1S/C7H12N4.CH4/c1-3-4-5-11-7(8)9-6(2)10-11;/h4-5H,3H2,1-2H3,(H2,8,9,10);1H4/b5-4-;. The lowest BCUT2D eigenvalue weighted by Gasteiger charge is -1.90. The fraction of sp³-hybridized carbons (Fsp3) is 0.500. The van der Waals surface area contributed by atoms with E-state index < -0.39 is 0 Å². The van der Waals surface area contributed by atoms with E-state index in [1.165, 1.54) is 0 Å². The SMILES string of the molecule is C.CC/C=C\n1nc(C)nc1N. The van der Waals surface area contributed by atoms with Gasteiger partial charge in [0.2, 0.25) is 5.95 Å². The van der Waals surface area contributed by atoms with Gasteiger partial charge in [-0.2, -0.15) is 10.1 Å². The Balaban J connectivity index is 0.00000121. The van der Waals surface area contributed by atoms with Gasteiger partial charge < -0.3 is 5.73 Å². The van der Waals surface area contributed by atoms with Gasteiger partial charge in [0.25, 0.3) is 0 Å². The zero-order chi connectivity index (χ0) is 8.27. The number of hydrogen-bond acceptors (Lipinski definition) is 3. The van der Waals surface area contributed by atoms with Crippen LogP contribution in [0.1, 0.15) is 26.6 Å². The number of aromatic nitrogens is 3. The normalized spacial score (nSPS) is 10.2. The first kappa shape index (κ1) is 10.7. The molecule has 4 heteroatoms. The number of nitrogen functional groups attached to an aromatic ring is 1. The Morgan fingerprint density at radius 2 is 2.25 bits per heavy atom. The van der Waals surface area contributed by atoms with Gasteiger partial charge in [0.05, 0.1) is 0 Å². The smallest absolute Gasteiger partial charge is 0.223 e. The highest BCUT2D eigenvalue weighted by molar-refractivity contribution is 5.31. The molecule has 0 aliphatic heterocycles. The van der Waals surface area contributed by atoms with E-state index in [-0.39, 0.29) is 7.43 Å². The van der Waals surface area contributed by atoms with E-state index in [1.807, 2.05) is 19.2 Å². The number of anilines is 1. The number of hydrogen-bond donors (Lipinski definition) is 1. The molecule has 0 saturated heterocycles. The number of nitrogens with two attached hydrogens (primary N) is 1. The van der Waals surface area contributed by atoms with Crippen molar-refractivity contribution in [3.05, 3.63) is 11.9 Å². The van der Waals surface area contributed by atoms with Crippen LogP contribution >= 0.6 is 0 Å². The van der Waals surface area contributed by atoms with Crippen molar-refractivity contribution in [2.24, 2.45) is 0 Å². The summed E-state index contributed by atoms with van der Waals surface area (Å²) in [6, 6.07) is 0. The fourth-order valence-corrected chi connectivity index (χ4v) is 0.761. The summed E-state index contributed by atoms with van der Waals surface area (Å²) < 4.78 is 1.57. The molecule has 1 aromatic rings. The van der Waals surface area contributed by atoms with Gasteiger partial charge in [0.1, 0.15) is 5.82 Å². The molecule has 1 rings (SSSR count). The van der Waals surface area contributed by atoms with Crippen molar-refractivity contribution < 1.29 is 0 Å². The largest absolute Gasteiger partial charge is 0.368 e. The van der Waals surface area contributed by atoms with Crippen LogP contribution in [0.25, 0.3) is 6.20 Å². The van der Waals surface area contributed by atoms with Crippen molar-refractivity contribution in [1.29, 1.82) is 0 Å². The molecule has 0 bridgehead atoms. The Labute approximate surface area is 73.1 Å². The number of rotatable bonds is 2. The Bertz CT molecular complexity index is 262. The summed E-state index contributed by atoms with van der Waals surface area (Å²) >= 11 is 0. The summed E-state index contributed by atoms with van der Waals surface area (Å²) in [6.07, 6.45) is 4.76. The van der Waals surface area contributed by atoms with Gasteiger partial charge in [0, 0.05) is 6.20 Å². The molecule has 0 radical (unpaired) electrons. The van der Waals surface area contributed by atoms with E-state index in [1.54, 1.807) is 4.68 Å². The second-order valence-corrected chi connectivity index (χ2v) is 2.25. The van der Waals surface area contributed by atoms with E-state index >= 15 is 0 Å². The lowest BCUT2D eigenvalue weighted by molar-refractivity contribution is 0.915. The van der Waals surface area contributed by atoms with Crippen molar-refractivity contribution in [3.63, 3.8) is 0 Å². The molecule has 12 heavy (non-hydrogen) atoms. The van der Waals surface area contributed by atoms with Gasteiger partial charge in [-0.15, -0.1) is 0 Å². The monoisotopic (exact) mass is 168 g/mol. The minimum atomic E-state index is 0. The summed E-state index contributed by atoms with van der Waals surface area (Å²) in [5.41, 5.74) is 5.52. The summed E-state index contributed by atoms with van der Waals surface area (Å²) in [5.74, 6) is 1.13. The predicted molar refractivity (Wildman–Crippen MR) is 51.5 cm³/mol. The Morgan fingerprint density at radius 3 is 2.67 bits per heavy atom. The highest BCUT2D eigenvalue weighted by Gasteiger charge is 1.97. The summed E-state index contributed by atoms with van der Waals surface area (Å²) in [6.45, 7) is 3.86. The first-order valence-corrected chi connectivity index (χ1v) is 3.59. The second-order valence-electron chi connectivity index (χ2n) is 2.25. The Morgan fingerprint density at radius 1 is 1.58 bits per heavy atom. The molecule has 0 unspecified atom stereocenters. The fourth-order valence-electron chi connectivity index (χ4n) is 0.761. The van der Waals surface area contributed by atoms with Crippen LogP contribution in [-0.4, -0.2) is 14.8 Å². The zero-order valence-electron chi connectivity index (χ0n) is 6.78. The Kier molecular flexibility index (Phi) is 4.04. The summed E-state index contributed by atoms with van der Waals surface area (Å²) in [5, 5.41) is 4.04. The quantitative estimate of drug-likeness (QED) is 0.731. The molecule has 2 N–H and O–H groups in total. The van der Waals surface area contributed by atoms with Crippen LogP contribution < -0.4 is 5.73 Å². The van der Waals surface area contributed by atoms with Gasteiger partial charge in [-0.3, -0.25) is 0 Å². The lowest BCUT2D eigenvalue weighted by atomic mass is 10.5. The second kappa shape index (κ2) is 4.54. The maximum atomic E-state index is 5.52. The van der Waals surface area contributed by atoms with Crippen molar-refractivity contribution in [2.45, 2.75) is 27.7 Å². The van der Waals surface area contributed by atoms with E-state index in [2.05, 4.69) is 17.0 Å². The molecule has 0 spiro atoms. The third kappa shape index (κ3) is 2.38. The number of nitrogens with zero attached hydrogens (tertiary/aromatic N) is 3. The van der Waals surface area contributed by atoms with Crippen molar-refractivity contribution in [2.75, 3.05) is 5.73 Å². The zero-order valence-corrected chi connectivity index (χ0v) is 6.78. The first-order chi connectivity index (χ1) is 5.24. The van der Waals surface area contributed by atoms with Crippen molar-refractivity contribution >= 4 is 12.1 Å². The van der Waals surface area contributed by atoms with Crippen LogP contribution in [0.4, 0.5) is 5.95 Å². The van der Waals surface area contributed by atoms with E-state index in [0.717, 1.165) is 6.42 Å². The molecule has 1 aromatic heterocycles. The summed E-state index contributed by atoms with van der Waals surface area (Å²) in [7, 11) is 0. The van der Waals surface area contributed by atoms with E-state index in [4.69, 9.17) is 5.73 Å². The molecule has 0 fully saturated rings. The Hall–Kier alpha value is -1.32. The maximum absolute atomic E-state index is 5.52. The molecule has 0 aliphatic rings. The van der Waals surface area contributed by atoms with Crippen LogP contribution in [0.2, 0.25) is 0 Å². The highest BCUT2D eigenvalue weighted by Crippen LogP contribution is 1.99. The molecule has 4 nitrogen and oxygen atoms in total. The van der Waals surface area contributed by atoms with Gasteiger partial charge >= 0.3 is 0 Å². The van der Waals surface area contributed by atoms with Crippen molar-refractivity contribution in [3.8, 4) is 0 Å². The minimum absolute atomic E-state index is 0. The van der Waals surface area contributed by atoms with E-state index in [0.29, 0.717) is 11.8 Å². The van der Waals surface area contributed by atoms with Crippen LogP contribution in [0.15, 0.2) is 6.08 Å². The molecule has 0 saturated carbocycles. The molecule has 68 valence electrons. The molecular weight excluding hydrogens is 152 g/mol. The maximum Gasteiger partial charge on any atom is 0.223 e. The topological polar surface area (TPSA) is 56.7 Å². The lowest BCUT2D eigenvalue weighted by Crippen LogP contribution is -1.96. The number of aryl methyl sites for hydroxylation is 1. The average Bonchev–Trinajstić information content (AvgIpc) is 2.26. The molecule has 1 heterocycles. The predicted octanol–water partition coefficient (Wildman–Crippen LogP) is 1.69. The van der Waals surface area contributed by atoms with Crippen LogP contribution in [0, 0.1) is 6.92 Å². The third-order valence-corrected chi connectivity index (χ3v) is 1.25. The summed E-state index contributed by atoms with van der Waals surface area (Å²) in [4.78, 5) is 3.94. The molecule has 0 aliphatic carbocycles. The van der Waals surface area contributed by atoms with Crippen LogP contribution in [-0.2, 0) is 0 Å².